The van der Waals surface area contributed by atoms with Crippen molar-refractivity contribution in [1.29, 1.82) is 0 Å². The molecule has 6 heteroatoms. The fourth-order valence-electron chi connectivity index (χ4n) is 7.00. The van der Waals surface area contributed by atoms with Gasteiger partial charge < -0.3 is 10.2 Å². The van der Waals surface area contributed by atoms with E-state index < -0.39 is 29.5 Å². The lowest BCUT2D eigenvalue weighted by Gasteiger charge is -2.57. The highest BCUT2D eigenvalue weighted by molar-refractivity contribution is 6.12. The normalized spacial score (nSPS) is 33.7. The summed E-state index contributed by atoms with van der Waals surface area (Å²) < 4.78 is 0. The number of hydrogen-bond acceptors (Lipinski definition) is 6. The number of ketones is 2. The van der Waals surface area contributed by atoms with Crippen LogP contribution in [0.3, 0.4) is 0 Å². The predicted octanol–water partition coefficient (Wildman–Crippen LogP) is 3.71. The first kappa shape index (κ1) is 22.7. The van der Waals surface area contributed by atoms with Crippen molar-refractivity contribution in [3.8, 4) is 0 Å². The van der Waals surface area contributed by atoms with Crippen LogP contribution < -0.4 is 0 Å². The van der Waals surface area contributed by atoms with Crippen LogP contribution in [0.15, 0.2) is 76.0 Å². The number of aliphatic hydroxyl groups excluding tert-OH is 2. The van der Waals surface area contributed by atoms with Gasteiger partial charge in [0.1, 0.15) is 6.61 Å². The molecule has 1 aromatic rings. The summed E-state index contributed by atoms with van der Waals surface area (Å²) in [7, 11) is 0. The molecule has 0 unspecified atom stereocenters. The van der Waals surface area contributed by atoms with Crippen LogP contribution >= 0.6 is 0 Å². The molecule has 1 aliphatic heterocycles. The Morgan fingerprint density at radius 2 is 1.94 bits per heavy atom. The molecule has 6 nitrogen and oxygen atoms in total. The van der Waals surface area contributed by atoms with Crippen molar-refractivity contribution in [2.45, 2.75) is 64.2 Å². The molecule has 0 bridgehead atoms. The van der Waals surface area contributed by atoms with E-state index in [-0.39, 0.29) is 18.1 Å². The van der Waals surface area contributed by atoms with E-state index in [9.17, 15) is 19.8 Å². The highest BCUT2D eigenvalue weighted by Crippen LogP contribution is 2.62. The van der Waals surface area contributed by atoms with E-state index in [1.54, 1.807) is 12.2 Å². The van der Waals surface area contributed by atoms with Crippen LogP contribution in [0, 0.1) is 11.3 Å². The number of benzene rings is 1. The Bertz CT molecular complexity index is 1250. The van der Waals surface area contributed by atoms with E-state index in [2.05, 4.69) is 0 Å². The van der Waals surface area contributed by atoms with E-state index in [4.69, 9.17) is 4.84 Å². The van der Waals surface area contributed by atoms with Gasteiger partial charge in [-0.1, -0.05) is 55.8 Å². The summed E-state index contributed by atoms with van der Waals surface area (Å²) in [6, 6.07) is 9.97. The molecule has 0 spiro atoms. The van der Waals surface area contributed by atoms with Crippen LogP contribution in [-0.2, 0) is 21.0 Å². The van der Waals surface area contributed by atoms with Gasteiger partial charge in [-0.05, 0) is 54.9 Å². The number of rotatable bonds is 4. The smallest absolute Gasteiger partial charge is 0.198 e. The van der Waals surface area contributed by atoms with E-state index in [1.165, 1.54) is 11.1 Å². The minimum Gasteiger partial charge on any atom is -0.392 e. The molecule has 2 N–H and O–H groups in total. The Balaban J connectivity index is 1.60. The highest BCUT2D eigenvalue weighted by atomic mass is 16.7. The maximum absolute atomic E-state index is 13.8. The lowest BCUT2D eigenvalue weighted by atomic mass is 9.52. The molecule has 35 heavy (non-hydrogen) atoms. The molecule has 4 aliphatic carbocycles. The molecule has 0 fully saturated rings. The van der Waals surface area contributed by atoms with Crippen molar-refractivity contribution < 1.29 is 24.6 Å². The SMILES string of the molecule is C[C@H]1C=C2C(=O)C=C3C4=C(C5=C(CCC5)C4)N(Cc4ccccc4)O[C@]3(C(=O)CO)[C@@]2(C)C[C@@H]1O. The monoisotopic (exact) mass is 473 g/mol. The van der Waals surface area contributed by atoms with Crippen LogP contribution in [0.2, 0.25) is 0 Å². The quantitative estimate of drug-likeness (QED) is 0.693. The summed E-state index contributed by atoms with van der Waals surface area (Å²) in [6.07, 6.45) is 6.56. The van der Waals surface area contributed by atoms with Gasteiger partial charge in [0.2, 0.25) is 0 Å². The summed E-state index contributed by atoms with van der Waals surface area (Å²) >= 11 is 0. The summed E-state index contributed by atoms with van der Waals surface area (Å²) in [5.74, 6) is -0.835. The molecule has 0 amide bonds. The molecular weight excluding hydrogens is 442 g/mol. The Kier molecular flexibility index (Phi) is 5.08. The molecule has 0 aromatic heterocycles. The zero-order valence-corrected chi connectivity index (χ0v) is 20.2. The molecule has 0 saturated heterocycles. The minimum atomic E-state index is -1.59. The van der Waals surface area contributed by atoms with Gasteiger partial charge in [-0.15, -0.1) is 0 Å². The van der Waals surface area contributed by atoms with Gasteiger partial charge in [0.15, 0.2) is 17.2 Å². The topological polar surface area (TPSA) is 87.1 Å². The van der Waals surface area contributed by atoms with Crippen LogP contribution in [0.1, 0.15) is 51.5 Å². The van der Waals surface area contributed by atoms with Crippen molar-refractivity contribution in [2.75, 3.05) is 6.61 Å². The van der Waals surface area contributed by atoms with E-state index in [1.807, 2.05) is 49.2 Å². The average molecular weight is 474 g/mol. The van der Waals surface area contributed by atoms with E-state index in [0.29, 0.717) is 24.1 Å². The summed E-state index contributed by atoms with van der Waals surface area (Å²) in [6.45, 7) is 3.44. The molecule has 4 atom stereocenters. The lowest BCUT2D eigenvalue weighted by Crippen LogP contribution is -2.66. The molecule has 1 aromatic carbocycles. The Hall–Kier alpha value is -2.80. The number of nitrogens with zero attached hydrogens (tertiary/aromatic N) is 1. The molecule has 1 heterocycles. The summed E-state index contributed by atoms with van der Waals surface area (Å²) in [5, 5.41) is 23.0. The summed E-state index contributed by atoms with van der Waals surface area (Å²) in [4.78, 5) is 34.1. The molecule has 0 saturated carbocycles. The van der Waals surface area contributed by atoms with Gasteiger partial charge in [0.05, 0.1) is 18.3 Å². The lowest BCUT2D eigenvalue weighted by molar-refractivity contribution is -0.254. The predicted molar refractivity (Wildman–Crippen MR) is 129 cm³/mol. The van der Waals surface area contributed by atoms with Crippen molar-refractivity contribution in [3.63, 3.8) is 0 Å². The van der Waals surface area contributed by atoms with Gasteiger partial charge >= 0.3 is 0 Å². The number of carbonyl (C=O) groups is 2. The minimum absolute atomic E-state index is 0.137. The van der Waals surface area contributed by atoms with Gasteiger partial charge in [0, 0.05) is 22.5 Å². The van der Waals surface area contributed by atoms with Crippen molar-refractivity contribution in [2.24, 2.45) is 11.3 Å². The largest absolute Gasteiger partial charge is 0.392 e. The third-order valence-electron chi connectivity index (χ3n) is 8.77. The van der Waals surface area contributed by atoms with Gasteiger partial charge in [-0.3, -0.25) is 14.4 Å². The fourth-order valence-corrected chi connectivity index (χ4v) is 7.00. The molecule has 5 aliphatic rings. The first-order valence-electron chi connectivity index (χ1n) is 12.6. The maximum Gasteiger partial charge on any atom is 0.198 e. The first-order chi connectivity index (χ1) is 16.8. The molecular formula is C29H31NO5. The Morgan fingerprint density at radius 1 is 1.17 bits per heavy atom. The zero-order chi connectivity index (χ0) is 24.5. The second-order valence-electron chi connectivity index (χ2n) is 10.8. The van der Waals surface area contributed by atoms with Crippen molar-refractivity contribution in [1.82, 2.24) is 5.06 Å². The standard InChI is InChI=1S/C29H31NO5/c1-17-11-23-24(32)13-22-21-12-19-9-6-10-20(19)27(21)30(15-18-7-4-3-5-8-18)35-29(22,26(34)16-31)28(23,2)14-25(17)33/h3-5,7-8,11,13,17,25,31,33H,6,9-10,12,14-16H2,1-2H3/t17-,25-,28-,29+/m0/s1. The maximum atomic E-state index is 13.8. The molecule has 182 valence electrons. The number of allylic oxidation sites excluding steroid dienone is 3. The summed E-state index contributed by atoms with van der Waals surface area (Å²) in [5.41, 5.74) is 3.94. The van der Waals surface area contributed by atoms with Crippen LogP contribution in [0.25, 0.3) is 0 Å². The number of hydrogen-bond donors (Lipinski definition) is 2. The second kappa shape index (κ2) is 7.85. The van der Waals surface area contributed by atoms with Gasteiger partial charge in [0.25, 0.3) is 0 Å². The van der Waals surface area contributed by atoms with Crippen molar-refractivity contribution >= 4 is 11.6 Å². The number of aliphatic hydroxyl groups is 2. The number of hydroxylamine groups is 2. The van der Waals surface area contributed by atoms with E-state index >= 15 is 0 Å². The number of fused-ring (bicyclic) bond motifs is 5. The van der Waals surface area contributed by atoms with Crippen LogP contribution in [0.4, 0.5) is 0 Å². The third-order valence-corrected chi connectivity index (χ3v) is 8.77. The van der Waals surface area contributed by atoms with Gasteiger partial charge in [-0.2, -0.15) is 0 Å². The Labute approximate surface area is 205 Å². The van der Waals surface area contributed by atoms with Gasteiger partial charge in [-0.25, -0.2) is 5.06 Å². The molecule has 6 rings (SSSR count). The van der Waals surface area contributed by atoms with E-state index in [0.717, 1.165) is 36.1 Å². The average Bonchev–Trinajstić information content (AvgIpc) is 3.44. The zero-order valence-electron chi connectivity index (χ0n) is 20.2. The first-order valence-corrected chi connectivity index (χ1v) is 12.6. The number of carbonyl (C=O) groups excluding carboxylic acids is 2. The Morgan fingerprint density at radius 3 is 2.69 bits per heavy atom. The van der Waals surface area contributed by atoms with Crippen LogP contribution in [-0.4, -0.2) is 45.2 Å². The highest BCUT2D eigenvalue weighted by Gasteiger charge is 2.67. The number of Topliss-reactive ketones (excluding diaryl/α,β-unsaturated/α-hetero) is 1. The van der Waals surface area contributed by atoms with Crippen LogP contribution in [0.5, 0.6) is 0 Å². The fraction of sp³-hybridized carbons (Fsp3) is 0.448. The molecule has 0 radical (unpaired) electrons. The van der Waals surface area contributed by atoms with Crippen molar-refractivity contribution in [3.05, 3.63) is 81.6 Å². The third kappa shape index (κ3) is 3.00. The second-order valence-corrected chi connectivity index (χ2v) is 10.8.